The predicted molar refractivity (Wildman–Crippen MR) is 34.9 cm³/mol. The fourth-order valence-corrected chi connectivity index (χ4v) is 1.18. The molecule has 1 N–H and O–H groups in total. The smallest absolute Gasteiger partial charge is 0.265 e. The van der Waals surface area contributed by atoms with E-state index in [4.69, 9.17) is 0 Å². The number of fused-ring (bicyclic) bond motifs is 1. The second-order valence-electron chi connectivity index (χ2n) is 1.64. The largest absolute Gasteiger partial charge is 0.302 e. The van der Waals surface area contributed by atoms with Crippen LogP contribution in [0.1, 0.15) is 0 Å². The molecule has 5 nitrogen and oxygen atoms in total. The van der Waals surface area contributed by atoms with Crippen LogP contribution in [0.3, 0.4) is 0 Å². The molecule has 0 aliphatic carbocycles. The van der Waals surface area contributed by atoms with E-state index in [1.807, 2.05) is 0 Å². The molecule has 0 saturated carbocycles. The summed E-state index contributed by atoms with van der Waals surface area (Å²) in [5.74, 6) is 0. The Kier molecular flexibility index (Phi) is 1.01. The van der Waals surface area contributed by atoms with Gasteiger partial charge in [-0.2, -0.15) is 10.1 Å². The van der Waals surface area contributed by atoms with E-state index in [0.29, 0.717) is 10.7 Å². The van der Waals surface area contributed by atoms with Crippen LogP contribution in [-0.2, 0) is 0 Å². The molecule has 2 aliphatic heterocycles. The second kappa shape index (κ2) is 1.84. The minimum absolute atomic E-state index is 0.313. The van der Waals surface area contributed by atoms with Gasteiger partial charge in [-0.1, -0.05) is 0 Å². The van der Waals surface area contributed by atoms with Crippen LogP contribution < -0.4 is 5.56 Å². The average Bonchev–Trinajstić information content (AvgIpc) is 2.36. The van der Waals surface area contributed by atoms with Crippen LogP contribution in [0.4, 0.5) is 0 Å². The van der Waals surface area contributed by atoms with Crippen LogP contribution in [0.2, 0.25) is 0 Å². The summed E-state index contributed by atoms with van der Waals surface area (Å²) in [4.78, 5) is 18.1. The molecule has 0 unspecified atom stereocenters. The van der Waals surface area contributed by atoms with Crippen molar-refractivity contribution in [1.82, 2.24) is 19.6 Å². The topological polar surface area (TPSA) is 71.5 Å². The SMILES string of the molecule is O=c1ncnc2s[nH]nc1-2. The number of hydrogen-bond acceptors (Lipinski definition) is 5. The van der Waals surface area contributed by atoms with Crippen molar-refractivity contribution in [2.24, 2.45) is 0 Å². The van der Waals surface area contributed by atoms with E-state index >= 15 is 0 Å². The quantitative estimate of drug-likeness (QED) is 0.566. The molecule has 0 atom stereocenters. The van der Waals surface area contributed by atoms with Gasteiger partial charge in [-0.25, -0.2) is 9.47 Å². The monoisotopic (exact) mass is 154 g/mol. The van der Waals surface area contributed by atoms with E-state index in [1.165, 1.54) is 17.9 Å². The lowest BCUT2D eigenvalue weighted by Crippen LogP contribution is -2.09. The molecule has 2 rings (SSSR count). The van der Waals surface area contributed by atoms with E-state index in [1.54, 1.807) is 0 Å². The minimum atomic E-state index is -0.331. The van der Waals surface area contributed by atoms with Gasteiger partial charge in [-0.05, 0) is 11.5 Å². The van der Waals surface area contributed by atoms with Crippen LogP contribution in [0.15, 0.2) is 11.1 Å². The first-order valence-corrected chi connectivity index (χ1v) is 3.34. The first-order chi connectivity index (χ1) is 4.88. The second-order valence-corrected chi connectivity index (χ2v) is 2.41. The molecule has 0 radical (unpaired) electrons. The summed E-state index contributed by atoms with van der Waals surface area (Å²) >= 11 is 1.21. The molecule has 2 aliphatic rings. The molecule has 10 heavy (non-hydrogen) atoms. The number of hydrogen-bond donors (Lipinski definition) is 1. The Bertz CT molecular complexity index is 366. The first-order valence-electron chi connectivity index (χ1n) is 2.52. The first kappa shape index (κ1) is 5.48. The highest BCUT2D eigenvalue weighted by Gasteiger charge is 2.09. The molecule has 0 saturated heterocycles. The van der Waals surface area contributed by atoms with Crippen LogP contribution >= 0.6 is 11.5 Å². The molecule has 0 fully saturated rings. The van der Waals surface area contributed by atoms with Crippen LogP contribution in [0.5, 0.6) is 0 Å². The Morgan fingerprint density at radius 3 is 3.20 bits per heavy atom. The third-order valence-corrected chi connectivity index (χ3v) is 1.73. The van der Waals surface area contributed by atoms with Crippen molar-refractivity contribution in [3.05, 3.63) is 16.7 Å². The van der Waals surface area contributed by atoms with Crippen LogP contribution in [-0.4, -0.2) is 19.6 Å². The number of nitrogens with zero attached hydrogens (tertiary/aromatic N) is 3. The molecule has 6 heteroatoms. The molecular weight excluding hydrogens is 152 g/mol. The Labute approximate surface area is 59.3 Å². The van der Waals surface area contributed by atoms with Crippen molar-refractivity contribution in [1.29, 1.82) is 0 Å². The highest BCUT2D eigenvalue weighted by Crippen LogP contribution is 2.12. The van der Waals surface area contributed by atoms with Gasteiger partial charge in [-0.3, -0.25) is 4.79 Å². The summed E-state index contributed by atoms with van der Waals surface area (Å²) in [7, 11) is 0. The van der Waals surface area contributed by atoms with E-state index in [-0.39, 0.29) is 5.56 Å². The van der Waals surface area contributed by atoms with Crippen molar-refractivity contribution >= 4 is 11.5 Å². The lowest BCUT2D eigenvalue weighted by atomic mass is 10.5. The zero-order chi connectivity index (χ0) is 6.97. The number of aromatic nitrogens is 4. The molecule has 0 bridgehead atoms. The molecular formula is C4H2N4OS. The lowest BCUT2D eigenvalue weighted by molar-refractivity contribution is 1.07. The van der Waals surface area contributed by atoms with Gasteiger partial charge in [0.2, 0.25) is 0 Å². The molecule has 2 heterocycles. The third-order valence-electron chi connectivity index (χ3n) is 1.05. The molecule has 50 valence electrons. The fraction of sp³-hybridized carbons (Fsp3) is 0. The van der Waals surface area contributed by atoms with Crippen LogP contribution in [0.25, 0.3) is 10.7 Å². The maximum absolute atomic E-state index is 10.8. The van der Waals surface area contributed by atoms with E-state index in [2.05, 4.69) is 19.6 Å². The zero-order valence-corrected chi connectivity index (χ0v) is 5.55. The molecule has 0 amide bonds. The summed E-state index contributed by atoms with van der Waals surface area (Å²) in [6.07, 6.45) is 1.23. The number of rotatable bonds is 0. The summed E-state index contributed by atoms with van der Waals surface area (Å²) in [6, 6.07) is 0. The van der Waals surface area contributed by atoms with Crippen molar-refractivity contribution in [3.8, 4) is 10.7 Å². The standard InChI is InChI=1S/C4H2N4OS/c9-3-2-4(6-1-5-3)10-8-7-2/h1,8H. The lowest BCUT2D eigenvalue weighted by Gasteiger charge is -1.84. The van der Waals surface area contributed by atoms with E-state index < -0.39 is 0 Å². The predicted octanol–water partition coefficient (Wildman–Crippen LogP) is -0.274. The maximum atomic E-state index is 10.8. The normalized spacial score (nSPS) is 10.4. The Morgan fingerprint density at radius 2 is 2.40 bits per heavy atom. The van der Waals surface area contributed by atoms with Gasteiger partial charge >= 0.3 is 5.56 Å². The minimum Gasteiger partial charge on any atom is -0.265 e. The highest BCUT2D eigenvalue weighted by atomic mass is 32.1. The van der Waals surface area contributed by atoms with Gasteiger partial charge in [0.15, 0.2) is 10.7 Å². The summed E-state index contributed by atoms with van der Waals surface area (Å²) in [5, 5.41) is 4.27. The van der Waals surface area contributed by atoms with E-state index in [9.17, 15) is 4.79 Å². The van der Waals surface area contributed by atoms with Crippen molar-refractivity contribution in [3.63, 3.8) is 0 Å². The molecule has 0 aromatic rings. The third kappa shape index (κ3) is 0.623. The van der Waals surface area contributed by atoms with Crippen molar-refractivity contribution in [2.45, 2.75) is 0 Å². The van der Waals surface area contributed by atoms with Crippen molar-refractivity contribution in [2.75, 3.05) is 0 Å². The van der Waals surface area contributed by atoms with Gasteiger partial charge in [0.25, 0.3) is 0 Å². The van der Waals surface area contributed by atoms with Crippen LogP contribution in [0, 0.1) is 0 Å². The summed E-state index contributed by atoms with van der Waals surface area (Å²) in [5.41, 5.74) is -0.0185. The number of H-pyrrole nitrogens is 1. The van der Waals surface area contributed by atoms with Gasteiger partial charge < -0.3 is 0 Å². The Hall–Kier alpha value is -1.30. The summed E-state index contributed by atoms with van der Waals surface area (Å²) in [6.45, 7) is 0. The fourth-order valence-electron chi connectivity index (χ4n) is 0.630. The average molecular weight is 154 g/mol. The molecule has 0 spiro atoms. The van der Waals surface area contributed by atoms with Gasteiger partial charge in [0.1, 0.15) is 6.33 Å². The van der Waals surface area contributed by atoms with Gasteiger partial charge in [-0.15, -0.1) is 0 Å². The number of nitrogens with one attached hydrogen (secondary N) is 1. The van der Waals surface area contributed by atoms with Gasteiger partial charge in [0, 0.05) is 0 Å². The summed E-state index contributed by atoms with van der Waals surface area (Å²) < 4.78 is 2.57. The zero-order valence-electron chi connectivity index (χ0n) is 4.74. The Balaban J connectivity index is 2.93. The van der Waals surface area contributed by atoms with Crippen molar-refractivity contribution < 1.29 is 0 Å². The maximum Gasteiger partial charge on any atom is 0.302 e. The van der Waals surface area contributed by atoms with E-state index in [0.717, 1.165) is 0 Å². The Morgan fingerprint density at radius 1 is 1.50 bits per heavy atom. The van der Waals surface area contributed by atoms with Gasteiger partial charge in [0.05, 0.1) is 0 Å². The molecule has 0 aromatic heterocycles. The number of aromatic amines is 1. The highest BCUT2D eigenvalue weighted by molar-refractivity contribution is 7.09. The molecule has 0 aromatic carbocycles.